The molecule has 1 fully saturated rings. The average molecular weight is 207 g/mol. The molecule has 0 spiro atoms. The van der Waals surface area contributed by atoms with Gasteiger partial charge in [0, 0.05) is 31.4 Å². The smallest absolute Gasteiger partial charge is 0.110 e. The third-order valence-corrected chi connectivity index (χ3v) is 3.78. The van der Waals surface area contributed by atoms with Crippen molar-refractivity contribution in [2.24, 2.45) is 13.0 Å². The van der Waals surface area contributed by atoms with Crippen LogP contribution < -0.4 is 5.32 Å². The first-order valence-electron chi connectivity index (χ1n) is 5.85. The fourth-order valence-electron chi connectivity index (χ4n) is 2.53. The van der Waals surface area contributed by atoms with Gasteiger partial charge < -0.3 is 9.88 Å². The van der Waals surface area contributed by atoms with Gasteiger partial charge >= 0.3 is 0 Å². The molecule has 84 valence electrons. The maximum absolute atomic E-state index is 4.43. The maximum Gasteiger partial charge on any atom is 0.110 e. The summed E-state index contributed by atoms with van der Waals surface area (Å²) in [7, 11) is 2.07. The Morgan fingerprint density at radius 1 is 1.60 bits per heavy atom. The predicted molar refractivity (Wildman–Crippen MR) is 61.7 cm³/mol. The summed E-state index contributed by atoms with van der Waals surface area (Å²) in [5.74, 6) is 1.86. The highest BCUT2D eigenvalue weighted by Crippen LogP contribution is 2.30. The second-order valence-electron chi connectivity index (χ2n) is 4.97. The van der Waals surface area contributed by atoms with E-state index >= 15 is 0 Å². The van der Waals surface area contributed by atoms with Gasteiger partial charge in [0.05, 0.1) is 0 Å². The zero-order valence-corrected chi connectivity index (χ0v) is 9.95. The van der Waals surface area contributed by atoms with Crippen molar-refractivity contribution >= 4 is 0 Å². The van der Waals surface area contributed by atoms with E-state index in [4.69, 9.17) is 0 Å². The molecule has 3 heteroatoms. The van der Waals surface area contributed by atoms with Crippen LogP contribution in [0.15, 0.2) is 12.4 Å². The molecule has 1 aromatic heterocycles. The normalized spacial score (nSPS) is 26.4. The van der Waals surface area contributed by atoms with E-state index in [0.29, 0.717) is 5.92 Å². The quantitative estimate of drug-likeness (QED) is 0.818. The lowest BCUT2D eigenvalue weighted by atomic mass is 9.82. The topological polar surface area (TPSA) is 29.9 Å². The molecule has 0 saturated carbocycles. The first-order chi connectivity index (χ1) is 7.14. The van der Waals surface area contributed by atoms with Crippen LogP contribution in [0.2, 0.25) is 0 Å². The van der Waals surface area contributed by atoms with Crippen LogP contribution in [0.1, 0.15) is 32.5 Å². The molecule has 1 atom stereocenters. The van der Waals surface area contributed by atoms with Crippen molar-refractivity contribution in [3.05, 3.63) is 18.2 Å². The lowest BCUT2D eigenvalue weighted by molar-refractivity contribution is 0.263. The molecule has 0 radical (unpaired) electrons. The zero-order valence-electron chi connectivity index (χ0n) is 9.95. The van der Waals surface area contributed by atoms with Crippen molar-refractivity contribution in [1.82, 2.24) is 14.9 Å². The van der Waals surface area contributed by atoms with E-state index in [1.807, 2.05) is 12.4 Å². The second kappa shape index (κ2) is 3.97. The molecular weight excluding hydrogens is 186 g/mol. The summed E-state index contributed by atoms with van der Waals surface area (Å²) in [6.45, 7) is 5.77. The molecule has 3 nitrogen and oxygen atoms in total. The van der Waals surface area contributed by atoms with Gasteiger partial charge in [0.25, 0.3) is 0 Å². The first kappa shape index (κ1) is 10.7. The minimum absolute atomic E-state index is 0.277. The van der Waals surface area contributed by atoms with Gasteiger partial charge in [-0.15, -0.1) is 0 Å². The number of aryl methyl sites for hydroxylation is 1. The predicted octanol–water partition coefficient (Wildman–Crippen LogP) is 1.74. The van der Waals surface area contributed by atoms with Crippen LogP contribution in [0.5, 0.6) is 0 Å². The molecule has 0 bridgehead atoms. The molecule has 1 unspecified atom stereocenters. The highest BCUT2D eigenvalue weighted by Gasteiger charge is 2.37. The summed E-state index contributed by atoms with van der Waals surface area (Å²) in [5.41, 5.74) is 0.277. The van der Waals surface area contributed by atoms with Gasteiger partial charge in [-0.1, -0.05) is 13.8 Å². The Hall–Kier alpha value is -0.830. The van der Waals surface area contributed by atoms with Crippen LogP contribution in [0.25, 0.3) is 0 Å². The van der Waals surface area contributed by atoms with Gasteiger partial charge in [-0.05, 0) is 25.3 Å². The van der Waals surface area contributed by atoms with Gasteiger partial charge in [0.2, 0.25) is 0 Å². The minimum Gasteiger partial charge on any atom is -0.338 e. The van der Waals surface area contributed by atoms with Crippen LogP contribution in [0.3, 0.4) is 0 Å². The van der Waals surface area contributed by atoms with Crippen molar-refractivity contribution in [2.45, 2.75) is 38.6 Å². The fourth-order valence-corrected chi connectivity index (χ4v) is 2.53. The summed E-state index contributed by atoms with van der Waals surface area (Å²) < 4.78 is 2.13. The molecule has 1 aromatic rings. The molecule has 0 aliphatic carbocycles. The molecule has 1 saturated heterocycles. The zero-order chi connectivity index (χ0) is 10.9. The average Bonchev–Trinajstić information content (AvgIpc) is 2.78. The van der Waals surface area contributed by atoms with Crippen LogP contribution >= 0.6 is 0 Å². The van der Waals surface area contributed by atoms with E-state index in [0.717, 1.165) is 13.0 Å². The summed E-state index contributed by atoms with van der Waals surface area (Å²) >= 11 is 0. The Morgan fingerprint density at radius 2 is 2.40 bits per heavy atom. The van der Waals surface area contributed by atoms with Crippen LogP contribution in [-0.4, -0.2) is 21.6 Å². The van der Waals surface area contributed by atoms with Crippen molar-refractivity contribution in [2.75, 3.05) is 6.54 Å². The summed E-state index contributed by atoms with van der Waals surface area (Å²) in [4.78, 5) is 4.43. The lowest BCUT2D eigenvalue weighted by Crippen LogP contribution is -2.47. The Labute approximate surface area is 91.9 Å². The highest BCUT2D eigenvalue weighted by molar-refractivity contribution is 5.05. The fraction of sp³-hybridized carbons (Fsp3) is 0.750. The second-order valence-corrected chi connectivity index (χ2v) is 4.97. The number of hydrogen-bond donors (Lipinski definition) is 1. The van der Waals surface area contributed by atoms with E-state index in [9.17, 15) is 0 Å². The molecule has 0 aromatic carbocycles. The maximum atomic E-state index is 4.43. The Morgan fingerprint density at radius 3 is 2.87 bits per heavy atom. The van der Waals surface area contributed by atoms with Gasteiger partial charge in [-0.3, -0.25) is 0 Å². The van der Waals surface area contributed by atoms with E-state index < -0.39 is 0 Å². The van der Waals surface area contributed by atoms with Gasteiger partial charge in [0.1, 0.15) is 5.82 Å². The van der Waals surface area contributed by atoms with E-state index in [1.165, 1.54) is 18.7 Å². The van der Waals surface area contributed by atoms with Crippen LogP contribution in [0, 0.1) is 5.92 Å². The van der Waals surface area contributed by atoms with E-state index in [-0.39, 0.29) is 5.54 Å². The number of rotatable bonds is 3. The van der Waals surface area contributed by atoms with Crippen molar-refractivity contribution in [3.63, 3.8) is 0 Å². The number of aromatic nitrogens is 2. The van der Waals surface area contributed by atoms with Gasteiger partial charge in [-0.25, -0.2) is 4.98 Å². The van der Waals surface area contributed by atoms with Crippen molar-refractivity contribution in [1.29, 1.82) is 0 Å². The summed E-state index contributed by atoms with van der Waals surface area (Å²) in [5, 5.41) is 3.68. The summed E-state index contributed by atoms with van der Waals surface area (Å²) in [6, 6.07) is 0. The van der Waals surface area contributed by atoms with Gasteiger partial charge in [-0.2, -0.15) is 0 Å². The van der Waals surface area contributed by atoms with Crippen LogP contribution in [-0.2, 0) is 13.5 Å². The Balaban J connectivity index is 2.17. The largest absolute Gasteiger partial charge is 0.338 e. The molecular formula is C12H21N3. The number of nitrogens with zero attached hydrogens (tertiary/aromatic N) is 2. The summed E-state index contributed by atoms with van der Waals surface area (Å²) in [6.07, 6.45) is 7.53. The SMILES string of the molecule is CC(C)C1(Cc2nccn2C)CCCN1. The Kier molecular flexibility index (Phi) is 2.83. The number of hydrogen-bond acceptors (Lipinski definition) is 2. The highest BCUT2D eigenvalue weighted by atomic mass is 15.1. The minimum atomic E-state index is 0.277. The van der Waals surface area contributed by atoms with E-state index in [1.54, 1.807) is 0 Å². The number of nitrogens with one attached hydrogen (secondary N) is 1. The monoisotopic (exact) mass is 207 g/mol. The molecule has 1 N–H and O–H groups in total. The van der Waals surface area contributed by atoms with Gasteiger partial charge in [0.15, 0.2) is 0 Å². The Bertz CT molecular complexity index is 321. The molecule has 0 amide bonds. The van der Waals surface area contributed by atoms with E-state index in [2.05, 4.69) is 35.8 Å². The van der Waals surface area contributed by atoms with Crippen LogP contribution in [0.4, 0.5) is 0 Å². The number of imidazole rings is 1. The van der Waals surface area contributed by atoms with Crippen molar-refractivity contribution in [3.8, 4) is 0 Å². The standard InChI is InChI=1S/C12H21N3/c1-10(2)12(5-4-6-14-12)9-11-13-7-8-15(11)3/h7-8,10,14H,4-6,9H2,1-3H3. The molecule has 1 aliphatic rings. The molecule has 1 aliphatic heterocycles. The first-order valence-corrected chi connectivity index (χ1v) is 5.85. The molecule has 15 heavy (non-hydrogen) atoms. The van der Waals surface area contributed by atoms with Crippen molar-refractivity contribution < 1.29 is 0 Å². The third kappa shape index (κ3) is 1.93. The lowest BCUT2D eigenvalue weighted by Gasteiger charge is -2.33. The third-order valence-electron chi connectivity index (χ3n) is 3.78. The molecule has 2 rings (SSSR count). The molecule has 2 heterocycles.